The van der Waals surface area contributed by atoms with Gasteiger partial charge in [-0.25, -0.2) is 13.6 Å². The van der Waals surface area contributed by atoms with Crippen molar-refractivity contribution in [3.63, 3.8) is 0 Å². The van der Waals surface area contributed by atoms with Gasteiger partial charge >= 0.3 is 0 Å². The largest absolute Gasteiger partial charge is 0.320 e. The number of amides is 1. The van der Waals surface area contributed by atoms with Crippen molar-refractivity contribution in [3.8, 4) is 0 Å². The molecule has 2 aliphatic heterocycles. The van der Waals surface area contributed by atoms with Gasteiger partial charge in [-0.3, -0.25) is 9.69 Å². The average molecular weight is 381 g/mol. The van der Waals surface area contributed by atoms with Gasteiger partial charge in [0.1, 0.15) is 0 Å². The molecule has 8 heteroatoms. The minimum Gasteiger partial charge on any atom is -0.320 e. The van der Waals surface area contributed by atoms with E-state index in [9.17, 15) is 13.2 Å². The molecule has 0 radical (unpaired) electrons. The van der Waals surface area contributed by atoms with Crippen LogP contribution in [0, 0.1) is 5.92 Å². The van der Waals surface area contributed by atoms with Gasteiger partial charge in [-0.2, -0.15) is 0 Å². The van der Waals surface area contributed by atoms with E-state index in [0.29, 0.717) is 19.5 Å². The Bertz CT molecular complexity index is 758. The fourth-order valence-electron chi connectivity index (χ4n) is 3.87. The average Bonchev–Trinajstić information content (AvgIpc) is 3.03. The molecule has 26 heavy (non-hydrogen) atoms. The summed E-state index contributed by atoms with van der Waals surface area (Å²) in [6.45, 7) is 4.00. The summed E-state index contributed by atoms with van der Waals surface area (Å²) in [6, 6.07) is 4.77. The number of nitrogens with one attached hydrogen (secondary N) is 1. The van der Waals surface area contributed by atoms with Crippen LogP contribution in [-0.4, -0.2) is 59.0 Å². The number of nitrogens with two attached hydrogens (primary N) is 1. The molecule has 3 rings (SSSR count). The van der Waals surface area contributed by atoms with Gasteiger partial charge in [0.05, 0.1) is 11.4 Å². The van der Waals surface area contributed by atoms with Crippen LogP contribution < -0.4 is 15.4 Å². The Balaban J connectivity index is 1.58. The first-order chi connectivity index (χ1) is 12.4. The van der Waals surface area contributed by atoms with Crippen molar-refractivity contribution in [2.24, 2.45) is 11.1 Å². The van der Waals surface area contributed by atoms with Crippen LogP contribution in [-0.2, 0) is 21.2 Å². The molecule has 144 valence electrons. The maximum absolute atomic E-state index is 12.7. The molecular formula is C18H28N4O3S. The number of piperidine rings is 1. The first kappa shape index (κ1) is 19.3. The van der Waals surface area contributed by atoms with Crippen LogP contribution in [0.1, 0.15) is 24.8 Å². The number of rotatable bonds is 6. The van der Waals surface area contributed by atoms with Crippen LogP contribution in [0.3, 0.4) is 0 Å². The number of carbonyl (C=O) groups is 1. The second-order valence-electron chi connectivity index (χ2n) is 7.24. The lowest BCUT2D eigenvalue weighted by Gasteiger charge is -2.32. The molecular weight excluding hydrogens is 352 g/mol. The van der Waals surface area contributed by atoms with Crippen LogP contribution in [0.5, 0.6) is 0 Å². The second-order valence-corrected chi connectivity index (χ2v) is 8.80. The van der Waals surface area contributed by atoms with E-state index in [0.717, 1.165) is 49.6 Å². The van der Waals surface area contributed by atoms with Crippen molar-refractivity contribution in [2.75, 3.05) is 44.7 Å². The van der Waals surface area contributed by atoms with E-state index in [-0.39, 0.29) is 10.8 Å². The van der Waals surface area contributed by atoms with Crippen molar-refractivity contribution >= 4 is 21.6 Å². The highest BCUT2D eigenvalue weighted by Gasteiger charge is 2.28. The third-order valence-corrected chi connectivity index (χ3v) is 6.36. The molecule has 0 spiro atoms. The maximum Gasteiger partial charge on any atom is 0.241 e. The SMILES string of the molecule is CNCCC1CCN(CC(=O)N2CCc3cc(S(N)(=O)=O)ccc32)CC1. The molecule has 1 saturated heterocycles. The summed E-state index contributed by atoms with van der Waals surface area (Å²) in [6.07, 6.45) is 4.15. The summed E-state index contributed by atoms with van der Waals surface area (Å²) in [5.74, 6) is 0.832. The molecule has 0 unspecified atom stereocenters. The highest BCUT2D eigenvalue weighted by Crippen LogP contribution is 2.30. The maximum atomic E-state index is 12.7. The van der Waals surface area contributed by atoms with Gasteiger partial charge < -0.3 is 10.2 Å². The van der Waals surface area contributed by atoms with E-state index in [1.807, 2.05) is 7.05 Å². The Kier molecular flexibility index (Phi) is 5.96. The quantitative estimate of drug-likeness (QED) is 0.751. The van der Waals surface area contributed by atoms with E-state index >= 15 is 0 Å². The third-order valence-electron chi connectivity index (χ3n) is 5.44. The highest BCUT2D eigenvalue weighted by molar-refractivity contribution is 7.89. The number of hydrogen-bond donors (Lipinski definition) is 2. The van der Waals surface area contributed by atoms with Crippen molar-refractivity contribution in [1.29, 1.82) is 0 Å². The molecule has 7 nitrogen and oxygen atoms in total. The number of benzene rings is 1. The zero-order valence-electron chi connectivity index (χ0n) is 15.3. The topological polar surface area (TPSA) is 95.7 Å². The molecule has 0 saturated carbocycles. The normalized spacial score (nSPS) is 18.9. The van der Waals surface area contributed by atoms with Crippen molar-refractivity contribution < 1.29 is 13.2 Å². The number of anilines is 1. The summed E-state index contributed by atoms with van der Waals surface area (Å²) in [5.41, 5.74) is 1.68. The molecule has 1 amide bonds. The molecule has 1 aromatic carbocycles. The van der Waals surface area contributed by atoms with Crippen LogP contribution in [0.15, 0.2) is 23.1 Å². The number of sulfonamides is 1. The van der Waals surface area contributed by atoms with E-state index < -0.39 is 10.0 Å². The van der Waals surface area contributed by atoms with Crippen LogP contribution in [0.2, 0.25) is 0 Å². The highest BCUT2D eigenvalue weighted by atomic mass is 32.2. The lowest BCUT2D eigenvalue weighted by Crippen LogP contribution is -2.43. The smallest absolute Gasteiger partial charge is 0.241 e. The fourth-order valence-corrected chi connectivity index (χ4v) is 4.44. The van der Waals surface area contributed by atoms with E-state index in [1.165, 1.54) is 12.5 Å². The number of likely N-dealkylation sites (tertiary alicyclic amines) is 1. The summed E-state index contributed by atoms with van der Waals surface area (Å²) in [7, 11) is -1.73. The predicted molar refractivity (Wildman–Crippen MR) is 102 cm³/mol. The molecule has 3 N–H and O–H groups in total. The van der Waals surface area contributed by atoms with Crippen molar-refractivity contribution in [1.82, 2.24) is 10.2 Å². The second kappa shape index (κ2) is 8.04. The predicted octanol–water partition coefficient (Wildman–Crippen LogP) is 0.545. The number of fused-ring (bicyclic) bond motifs is 1. The van der Waals surface area contributed by atoms with Gasteiger partial charge in [0, 0.05) is 12.2 Å². The summed E-state index contributed by atoms with van der Waals surface area (Å²) >= 11 is 0. The van der Waals surface area contributed by atoms with Gasteiger partial charge in [-0.05, 0) is 82.0 Å². The molecule has 0 aliphatic carbocycles. The molecule has 1 aromatic rings. The first-order valence-corrected chi connectivity index (χ1v) is 10.8. The van der Waals surface area contributed by atoms with Crippen molar-refractivity contribution in [2.45, 2.75) is 30.6 Å². The molecule has 1 fully saturated rings. The lowest BCUT2D eigenvalue weighted by atomic mass is 9.93. The van der Waals surface area contributed by atoms with Gasteiger partial charge in [0.15, 0.2) is 0 Å². The Morgan fingerprint density at radius 3 is 2.65 bits per heavy atom. The van der Waals surface area contributed by atoms with Crippen LogP contribution >= 0.6 is 0 Å². The zero-order chi connectivity index (χ0) is 18.7. The Labute approximate surface area is 155 Å². The van der Waals surface area contributed by atoms with E-state index in [1.54, 1.807) is 17.0 Å². The minimum absolute atomic E-state index is 0.0841. The van der Waals surface area contributed by atoms with Crippen LogP contribution in [0.4, 0.5) is 5.69 Å². The van der Waals surface area contributed by atoms with E-state index in [2.05, 4.69) is 10.2 Å². The molecule has 0 aromatic heterocycles. The van der Waals surface area contributed by atoms with Gasteiger partial charge in [0.25, 0.3) is 0 Å². The fraction of sp³-hybridized carbons (Fsp3) is 0.611. The third kappa shape index (κ3) is 4.43. The zero-order valence-corrected chi connectivity index (χ0v) is 16.1. The minimum atomic E-state index is -3.71. The van der Waals surface area contributed by atoms with Crippen LogP contribution in [0.25, 0.3) is 0 Å². The number of nitrogens with zero attached hydrogens (tertiary/aromatic N) is 2. The first-order valence-electron chi connectivity index (χ1n) is 9.21. The Hall–Kier alpha value is -1.48. The van der Waals surface area contributed by atoms with E-state index in [4.69, 9.17) is 5.14 Å². The molecule has 2 aliphatic rings. The number of hydrogen-bond acceptors (Lipinski definition) is 5. The molecule has 2 heterocycles. The Morgan fingerprint density at radius 2 is 2.00 bits per heavy atom. The molecule has 0 bridgehead atoms. The van der Waals surface area contributed by atoms with Gasteiger partial charge in [-0.1, -0.05) is 0 Å². The summed E-state index contributed by atoms with van der Waals surface area (Å²) in [5, 5.41) is 8.39. The molecule has 0 atom stereocenters. The monoisotopic (exact) mass is 380 g/mol. The standard InChI is InChI=1S/C18H28N4O3S/c1-20-8-4-14-5-9-21(10-6-14)13-18(23)22-11-7-15-12-16(26(19,24)25)2-3-17(15)22/h2-3,12,14,20H,4-11,13H2,1H3,(H2,19,24,25). The Morgan fingerprint density at radius 1 is 1.27 bits per heavy atom. The lowest BCUT2D eigenvalue weighted by molar-refractivity contribution is -0.120. The number of primary sulfonamides is 1. The summed E-state index contributed by atoms with van der Waals surface area (Å²) < 4.78 is 23.0. The van der Waals surface area contributed by atoms with Gasteiger partial charge in [-0.15, -0.1) is 0 Å². The summed E-state index contributed by atoms with van der Waals surface area (Å²) in [4.78, 5) is 16.9. The number of carbonyl (C=O) groups excluding carboxylic acids is 1. The van der Waals surface area contributed by atoms with Gasteiger partial charge in [0.2, 0.25) is 15.9 Å². The van der Waals surface area contributed by atoms with Crippen molar-refractivity contribution in [3.05, 3.63) is 23.8 Å².